The van der Waals surface area contributed by atoms with Gasteiger partial charge in [0, 0.05) is 17.1 Å². The van der Waals surface area contributed by atoms with Crippen LogP contribution in [0.4, 0.5) is 8.78 Å². The number of rotatable bonds is 5. The van der Waals surface area contributed by atoms with E-state index >= 15 is 0 Å². The third kappa shape index (κ3) is 4.53. The van der Waals surface area contributed by atoms with Crippen LogP contribution in [0.15, 0.2) is 12.1 Å². The predicted octanol–water partition coefficient (Wildman–Crippen LogP) is 4.43. The van der Waals surface area contributed by atoms with E-state index < -0.39 is 38.5 Å². The van der Waals surface area contributed by atoms with E-state index in [1.54, 1.807) is 6.07 Å². The van der Waals surface area contributed by atoms with E-state index in [0.717, 1.165) is 17.1 Å². The van der Waals surface area contributed by atoms with Crippen LogP contribution in [0.25, 0.3) is 0 Å². The summed E-state index contributed by atoms with van der Waals surface area (Å²) in [6, 6.07) is 3.63. The molecule has 1 aromatic rings. The van der Waals surface area contributed by atoms with E-state index in [9.17, 15) is 31.3 Å². The maximum atomic E-state index is 13.8. The Morgan fingerprint density at radius 2 is 1.56 bits per heavy atom. The van der Waals surface area contributed by atoms with Crippen molar-refractivity contribution in [2.45, 2.75) is 55.0 Å². The Morgan fingerprint density at radius 3 is 2.09 bits per heavy atom. The number of alkyl halides is 2. The zero-order valence-corrected chi connectivity index (χ0v) is 23.5. The summed E-state index contributed by atoms with van der Waals surface area (Å²) >= 11 is 6.29. The van der Waals surface area contributed by atoms with E-state index in [2.05, 4.69) is 67.8 Å². The van der Waals surface area contributed by atoms with Gasteiger partial charge in [0.15, 0.2) is 10.1 Å². The number of benzene rings is 1. The van der Waals surface area contributed by atoms with E-state index in [-0.39, 0.29) is 31.1 Å². The second-order valence-corrected chi connectivity index (χ2v) is 13.7. The fourth-order valence-electron chi connectivity index (χ4n) is 5.65. The summed E-state index contributed by atoms with van der Waals surface area (Å²) in [6.07, 6.45) is 2.35. The normalized spacial score (nSPS) is 31.4. The minimum Gasteiger partial charge on any atom is -0.743 e. The molecule has 13 heteroatoms. The van der Waals surface area contributed by atoms with Gasteiger partial charge in [0.2, 0.25) is 0 Å². The molecule has 2 unspecified atom stereocenters. The minimum atomic E-state index is -6.21. The lowest BCUT2D eigenvalue weighted by Gasteiger charge is -2.60. The van der Waals surface area contributed by atoms with Crippen molar-refractivity contribution in [1.29, 1.82) is 0 Å². The van der Waals surface area contributed by atoms with E-state index in [4.69, 9.17) is 9.47 Å². The second-order valence-electron chi connectivity index (χ2n) is 8.83. The van der Waals surface area contributed by atoms with Crippen LogP contribution in [0.5, 0.6) is 0 Å². The maximum Gasteiger partial charge on any atom is 0.428 e. The largest absolute Gasteiger partial charge is 0.743 e. The van der Waals surface area contributed by atoms with Gasteiger partial charge in [-0.3, -0.25) is 0 Å². The van der Waals surface area contributed by atoms with Crippen LogP contribution in [0, 0.1) is 22.5 Å². The molecule has 0 heterocycles. The van der Waals surface area contributed by atoms with Gasteiger partial charge in [0.25, 0.3) is 0 Å². The maximum absolute atomic E-state index is 13.8. The van der Waals surface area contributed by atoms with Crippen LogP contribution < -0.4 is 0 Å². The first kappa shape index (κ1) is 25.2. The van der Waals surface area contributed by atoms with E-state index in [0.29, 0.717) is 18.4 Å². The third-order valence-electron chi connectivity index (χ3n) is 6.34. The molecule has 0 radical (unpaired) electrons. The van der Waals surface area contributed by atoms with Gasteiger partial charge >= 0.3 is 17.2 Å². The van der Waals surface area contributed by atoms with Crippen molar-refractivity contribution < 1.29 is 40.8 Å². The molecule has 0 N–H and O–H groups in total. The van der Waals surface area contributed by atoms with Crippen molar-refractivity contribution in [2.75, 3.05) is 0 Å². The predicted molar refractivity (Wildman–Crippen MR) is 131 cm³/mol. The highest BCUT2D eigenvalue weighted by atomic mass is 127. The molecule has 2 atom stereocenters. The molecule has 0 aliphatic heterocycles. The number of halogens is 5. The molecule has 4 bridgehead atoms. The Kier molecular flexibility index (Phi) is 6.59. The van der Waals surface area contributed by atoms with Crippen molar-refractivity contribution in [2.24, 2.45) is 11.8 Å². The third-order valence-corrected chi connectivity index (χ3v) is 10.8. The fourth-order valence-corrected chi connectivity index (χ4v) is 8.27. The average molecular weight is 807 g/mol. The molecule has 1 aromatic carbocycles. The van der Waals surface area contributed by atoms with Crippen molar-refractivity contribution >= 4 is 89.8 Å². The number of ether oxygens (including phenoxy) is 2. The fraction of sp³-hybridized carbons (Fsp3) is 0.579. The van der Waals surface area contributed by atoms with Gasteiger partial charge < -0.3 is 14.0 Å². The lowest BCUT2D eigenvalue weighted by atomic mass is 9.52. The molecular formula is C19H16F2I3O7S-. The van der Waals surface area contributed by atoms with Crippen LogP contribution >= 0.6 is 67.8 Å². The summed E-state index contributed by atoms with van der Waals surface area (Å²) < 4.78 is 73.7. The Balaban J connectivity index is 1.60. The van der Waals surface area contributed by atoms with Crippen molar-refractivity contribution in [3.8, 4) is 0 Å². The van der Waals surface area contributed by atoms with Crippen molar-refractivity contribution in [3.05, 3.63) is 28.4 Å². The molecule has 7 nitrogen and oxygen atoms in total. The lowest BCUT2D eigenvalue weighted by Crippen LogP contribution is -2.62. The Bertz CT molecular complexity index is 1090. The summed E-state index contributed by atoms with van der Waals surface area (Å²) in [5.41, 5.74) is -1.99. The summed E-state index contributed by atoms with van der Waals surface area (Å²) in [4.78, 5) is 25.1. The average Bonchev–Trinajstić information content (AvgIpc) is 2.61. The summed E-state index contributed by atoms with van der Waals surface area (Å²) in [6.45, 7) is 0. The van der Waals surface area contributed by atoms with Gasteiger partial charge in [-0.25, -0.2) is 18.0 Å². The van der Waals surface area contributed by atoms with Gasteiger partial charge in [-0.1, -0.05) is 0 Å². The zero-order valence-electron chi connectivity index (χ0n) is 16.2. The quantitative estimate of drug-likeness (QED) is 0.188. The molecular weight excluding hydrogens is 791 g/mol. The van der Waals surface area contributed by atoms with Crippen LogP contribution in [-0.4, -0.2) is 41.4 Å². The summed E-state index contributed by atoms with van der Waals surface area (Å²) in [7, 11) is -6.21. The number of carbonyl (C=O) groups is 2. The molecule has 0 spiro atoms. The second kappa shape index (κ2) is 8.36. The van der Waals surface area contributed by atoms with E-state index in [1.165, 1.54) is 0 Å². The minimum absolute atomic E-state index is 0.00292. The van der Waals surface area contributed by atoms with Crippen LogP contribution in [0.3, 0.4) is 0 Å². The number of carbonyl (C=O) groups excluding carboxylic acids is 2. The van der Waals surface area contributed by atoms with Crippen LogP contribution in [-0.2, 0) is 24.4 Å². The summed E-state index contributed by atoms with van der Waals surface area (Å²) in [5, 5.41) is -5.17. The van der Waals surface area contributed by atoms with Crippen LogP contribution in [0.2, 0.25) is 0 Å². The highest BCUT2D eigenvalue weighted by Crippen LogP contribution is 2.60. The molecule has 0 amide bonds. The Labute approximate surface area is 223 Å². The van der Waals surface area contributed by atoms with Crippen LogP contribution in [0.1, 0.15) is 48.9 Å². The SMILES string of the molecule is O=C(OC12CC3CC(C1)CC(OC(=O)C(F)(F)S(=O)(=O)[O-])(C3)C2)c1cc(I)cc(I)c1I. The molecule has 4 aliphatic carbocycles. The molecule has 4 saturated carbocycles. The van der Waals surface area contributed by atoms with Gasteiger partial charge in [-0.05, 0) is 124 Å². The monoisotopic (exact) mass is 807 g/mol. The highest BCUT2D eigenvalue weighted by Gasteiger charge is 2.63. The van der Waals surface area contributed by atoms with E-state index in [1.807, 2.05) is 6.07 Å². The zero-order chi connectivity index (χ0) is 23.7. The van der Waals surface area contributed by atoms with Gasteiger partial charge in [0.1, 0.15) is 11.2 Å². The highest BCUT2D eigenvalue weighted by molar-refractivity contribution is 14.1. The molecule has 4 fully saturated rings. The van der Waals surface area contributed by atoms with Crippen molar-refractivity contribution in [1.82, 2.24) is 0 Å². The number of hydrogen-bond acceptors (Lipinski definition) is 7. The summed E-state index contributed by atoms with van der Waals surface area (Å²) in [5.74, 6) is -2.95. The lowest BCUT2D eigenvalue weighted by molar-refractivity contribution is -0.228. The molecule has 32 heavy (non-hydrogen) atoms. The first-order valence-corrected chi connectivity index (χ1v) is 14.2. The standard InChI is InChI=1S/C19H17F2I3O7S/c20-19(21,32(27,28)29)16(26)31-18-6-9-1-10(7-18)5-17(4-9,8-18)30-15(25)12-2-11(22)3-13(23)14(12)24/h2-3,9-10H,1,4-8H2,(H,27,28,29)/p-1. The number of hydrogen-bond donors (Lipinski definition) is 0. The topological polar surface area (TPSA) is 110 Å². The molecule has 176 valence electrons. The Hall–Kier alpha value is 0.120. The number of esters is 2. The van der Waals surface area contributed by atoms with Gasteiger partial charge in [0.05, 0.1) is 5.56 Å². The van der Waals surface area contributed by atoms with Crippen molar-refractivity contribution in [3.63, 3.8) is 0 Å². The molecule has 4 aliphatic rings. The molecule has 0 saturated heterocycles. The Morgan fingerprint density at radius 1 is 1.03 bits per heavy atom. The molecule has 0 aromatic heterocycles. The molecule has 5 rings (SSSR count). The smallest absolute Gasteiger partial charge is 0.428 e. The first-order valence-electron chi connectivity index (χ1n) is 9.60. The van der Waals surface area contributed by atoms with Gasteiger partial charge in [-0.2, -0.15) is 8.78 Å². The van der Waals surface area contributed by atoms with Gasteiger partial charge in [-0.15, -0.1) is 0 Å². The first-order chi connectivity index (χ1) is 14.7.